The van der Waals surface area contributed by atoms with Gasteiger partial charge in [0, 0.05) is 5.56 Å². The minimum atomic E-state index is -0.992. The number of benzene rings is 1. The third-order valence-electron chi connectivity index (χ3n) is 3.59. The number of carboxylic acids is 1. The van der Waals surface area contributed by atoms with Crippen LogP contribution in [-0.2, 0) is 16.8 Å². The summed E-state index contributed by atoms with van der Waals surface area (Å²) in [5.74, 6) is -0.407. The van der Waals surface area contributed by atoms with E-state index >= 15 is 0 Å². The van der Waals surface area contributed by atoms with Crippen LogP contribution in [0.1, 0.15) is 37.3 Å². The molecule has 1 atom stereocenters. The molecule has 4 nitrogen and oxygen atoms in total. The second kappa shape index (κ2) is 4.98. The summed E-state index contributed by atoms with van der Waals surface area (Å²) in [5.41, 5.74) is 1.05. The van der Waals surface area contributed by atoms with Gasteiger partial charge in [-0.15, -0.1) is 0 Å². The Hall–Kier alpha value is -1.55. The van der Waals surface area contributed by atoms with Crippen molar-refractivity contribution in [2.75, 3.05) is 6.61 Å². The quantitative estimate of drug-likeness (QED) is 0.858. The molecule has 1 unspecified atom stereocenters. The lowest BCUT2D eigenvalue weighted by atomic mass is 9.77. The zero-order valence-electron chi connectivity index (χ0n) is 10.5. The maximum atomic E-state index is 10.6. The van der Waals surface area contributed by atoms with Crippen molar-refractivity contribution in [1.82, 2.24) is 0 Å². The number of ether oxygens (including phenoxy) is 1. The Morgan fingerprint density at radius 1 is 1.50 bits per heavy atom. The van der Waals surface area contributed by atoms with Gasteiger partial charge in [0.2, 0.25) is 0 Å². The van der Waals surface area contributed by atoms with Gasteiger partial charge < -0.3 is 14.9 Å². The molecule has 4 heteroatoms. The Kier molecular flexibility index (Phi) is 3.57. The third kappa shape index (κ3) is 2.34. The average Bonchev–Trinajstić information content (AvgIpc) is 2.37. The van der Waals surface area contributed by atoms with Crippen LogP contribution >= 0.6 is 0 Å². The predicted molar refractivity (Wildman–Crippen MR) is 66.7 cm³/mol. The minimum Gasteiger partial charge on any atom is -0.482 e. The highest BCUT2D eigenvalue weighted by Crippen LogP contribution is 2.41. The number of carbonyl (C=O) groups is 1. The SMILES string of the molecule is CCC1(O)CCCc2c(OCC(=O)O)cccc21. The third-order valence-corrected chi connectivity index (χ3v) is 3.59. The van der Waals surface area contributed by atoms with Crippen LogP contribution in [0, 0.1) is 0 Å². The van der Waals surface area contributed by atoms with Crippen molar-refractivity contribution in [3.8, 4) is 5.75 Å². The monoisotopic (exact) mass is 250 g/mol. The second-order valence-electron chi connectivity index (χ2n) is 4.70. The molecular weight excluding hydrogens is 232 g/mol. The molecule has 0 fully saturated rings. The van der Waals surface area contributed by atoms with E-state index in [1.54, 1.807) is 6.07 Å². The number of aliphatic carboxylic acids is 1. The van der Waals surface area contributed by atoms with Gasteiger partial charge in [-0.1, -0.05) is 19.1 Å². The van der Waals surface area contributed by atoms with Gasteiger partial charge in [-0.2, -0.15) is 0 Å². The fraction of sp³-hybridized carbons (Fsp3) is 0.500. The van der Waals surface area contributed by atoms with Crippen molar-refractivity contribution in [2.24, 2.45) is 0 Å². The number of fused-ring (bicyclic) bond motifs is 1. The van der Waals surface area contributed by atoms with Crippen LogP contribution in [0.2, 0.25) is 0 Å². The summed E-state index contributed by atoms with van der Waals surface area (Å²) in [7, 11) is 0. The topological polar surface area (TPSA) is 66.8 Å². The van der Waals surface area contributed by atoms with Crippen LogP contribution < -0.4 is 4.74 Å². The van der Waals surface area contributed by atoms with Crippen LogP contribution in [-0.4, -0.2) is 22.8 Å². The van der Waals surface area contributed by atoms with Gasteiger partial charge in [-0.25, -0.2) is 4.79 Å². The van der Waals surface area contributed by atoms with Gasteiger partial charge in [0.1, 0.15) is 5.75 Å². The van der Waals surface area contributed by atoms with Gasteiger partial charge in [0.15, 0.2) is 6.61 Å². The minimum absolute atomic E-state index is 0.346. The molecule has 2 N–H and O–H groups in total. The van der Waals surface area contributed by atoms with E-state index in [0.717, 1.165) is 30.4 Å². The fourth-order valence-electron chi connectivity index (χ4n) is 2.59. The average molecular weight is 250 g/mol. The number of hydrogen-bond donors (Lipinski definition) is 2. The van der Waals surface area contributed by atoms with Crippen molar-refractivity contribution >= 4 is 5.97 Å². The first-order valence-electron chi connectivity index (χ1n) is 6.26. The molecule has 0 saturated heterocycles. The number of carboxylic acid groups (broad SMARTS) is 1. The summed E-state index contributed by atoms with van der Waals surface area (Å²) < 4.78 is 5.29. The molecule has 2 rings (SSSR count). The maximum Gasteiger partial charge on any atom is 0.341 e. The number of hydrogen-bond acceptors (Lipinski definition) is 3. The molecule has 0 heterocycles. The van der Waals surface area contributed by atoms with E-state index in [4.69, 9.17) is 9.84 Å². The van der Waals surface area contributed by atoms with Gasteiger partial charge in [-0.3, -0.25) is 0 Å². The Labute approximate surface area is 106 Å². The van der Waals surface area contributed by atoms with Crippen molar-refractivity contribution in [2.45, 2.75) is 38.2 Å². The molecule has 1 aliphatic rings. The Bertz CT molecular complexity index is 455. The predicted octanol–water partition coefficient (Wildman–Crippen LogP) is 2.08. The molecule has 1 aromatic carbocycles. The summed E-state index contributed by atoms with van der Waals surface area (Å²) in [6.07, 6.45) is 3.12. The van der Waals surface area contributed by atoms with Crippen LogP contribution in [0.15, 0.2) is 18.2 Å². The van der Waals surface area contributed by atoms with E-state index in [-0.39, 0.29) is 6.61 Å². The van der Waals surface area contributed by atoms with Crippen molar-refractivity contribution in [3.05, 3.63) is 29.3 Å². The first-order valence-corrected chi connectivity index (χ1v) is 6.26. The van der Waals surface area contributed by atoms with E-state index in [1.165, 1.54) is 0 Å². The normalized spacial score (nSPS) is 22.3. The molecule has 0 aromatic heterocycles. The largest absolute Gasteiger partial charge is 0.482 e. The van der Waals surface area contributed by atoms with Gasteiger partial charge in [0.05, 0.1) is 5.60 Å². The summed E-state index contributed by atoms with van der Waals surface area (Å²) in [6.45, 7) is 1.61. The lowest BCUT2D eigenvalue weighted by Crippen LogP contribution is -2.30. The smallest absolute Gasteiger partial charge is 0.341 e. The maximum absolute atomic E-state index is 10.6. The standard InChI is InChI=1S/C14H18O4/c1-2-14(17)8-4-5-10-11(14)6-3-7-12(10)18-9-13(15)16/h3,6-7,17H,2,4-5,8-9H2,1H3,(H,15,16). The number of aliphatic hydroxyl groups is 1. The van der Waals surface area contributed by atoms with Crippen molar-refractivity contribution in [3.63, 3.8) is 0 Å². The van der Waals surface area contributed by atoms with Gasteiger partial charge in [0.25, 0.3) is 0 Å². The molecular formula is C14H18O4. The lowest BCUT2D eigenvalue weighted by Gasteiger charge is -2.34. The summed E-state index contributed by atoms with van der Waals surface area (Å²) in [6, 6.07) is 5.48. The summed E-state index contributed by atoms with van der Waals surface area (Å²) >= 11 is 0. The van der Waals surface area contributed by atoms with Crippen molar-refractivity contribution in [1.29, 1.82) is 0 Å². The van der Waals surface area contributed by atoms with E-state index in [1.807, 2.05) is 19.1 Å². The van der Waals surface area contributed by atoms with Crippen LogP contribution in [0.25, 0.3) is 0 Å². The summed E-state index contributed by atoms with van der Waals surface area (Å²) in [4.78, 5) is 10.5. The van der Waals surface area contributed by atoms with Gasteiger partial charge in [-0.05, 0) is 37.3 Å². The zero-order valence-corrected chi connectivity index (χ0v) is 10.5. The second-order valence-corrected chi connectivity index (χ2v) is 4.70. The Balaban J connectivity index is 2.35. The molecule has 0 bridgehead atoms. The van der Waals surface area contributed by atoms with Crippen LogP contribution in [0.4, 0.5) is 0 Å². The highest BCUT2D eigenvalue weighted by molar-refractivity contribution is 5.68. The van der Waals surface area contributed by atoms with Crippen molar-refractivity contribution < 1.29 is 19.7 Å². The molecule has 0 aliphatic heterocycles. The van der Waals surface area contributed by atoms with Gasteiger partial charge >= 0.3 is 5.97 Å². The zero-order chi connectivity index (χ0) is 13.2. The molecule has 0 radical (unpaired) electrons. The molecule has 0 amide bonds. The van der Waals surface area contributed by atoms with E-state index < -0.39 is 11.6 Å². The first kappa shape index (κ1) is 12.9. The van der Waals surface area contributed by atoms with E-state index in [2.05, 4.69) is 0 Å². The summed E-state index contributed by atoms with van der Waals surface area (Å²) in [5, 5.41) is 19.2. The molecule has 1 aromatic rings. The Morgan fingerprint density at radius 2 is 2.28 bits per heavy atom. The number of rotatable bonds is 4. The van der Waals surface area contributed by atoms with E-state index in [9.17, 15) is 9.90 Å². The molecule has 18 heavy (non-hydrogen) atoms. The molecule has 0 spiro atoms. The van der Waals surface area contributed by atoms with E-state index in [0.29, 0.717) is 12.2 Å². The first-order chi connectivity index (χ1) is 8.57. The van der Waals surface area contributed by atoms with Crippen LogP contribution in [0.3, 0.4) is 0 Å². The molecule has 0 saturated carbocycles. The molecule has 1 aliphatic carbocycles. The molecule has 98 valence electrons. The van der Waals surface area contributed by atoms with Crippen LogP contribution in [0.5, 0.6) is 5.75 Å². The lowest BCUT2D eigenvalue weighted by molar-refractivity contribution is -0.139. The Morgan fingerprint density at radius 3 is 2.94 bits per heavy atom. The highest BCUT2D eigenvalue weighted by atomic mass is 16.5. The fourth-order valence-corrected chi connectivity index (χ4v) is 2.59. The highest BCUT2D eigenvalue weighted by Gasteiger charge is 2.33.